The zero-order chi connectivity index (χ0) is 23.5. The second-order valence-corrected chi connectivity index (χ2v) is 10.6. The normalized spacial score (nSPS) is 22.7. The first-order valence-corrected chi connectivity index (χ1v) is 11.6. The smallest absolute Gasteiger partial charge is 0.331 e. The summed E-state index contributed by atoms with van der Waals surface area (Å²) in [5, 5.41) is 12.4. The maximum Gasteiger partial charge on any atom is 0.331 e. The number of nitrogens with one attached hydrogen (secondary N) is 1. The number of piperidine rings is 1. The second kappa shape index (κ2) is 10.2. The van der Waals surface area contributed by atoms with E-state index in [1.807, 2.05) is 34.6 Å². The number of aliphatic carboxylic acids is 1. The van der Waals surface area contributed by atoms with Gasteiger partial charge in [-0.05, 0) is 50.5 Å². The molecule has 3 atom stereocenters. The van der Waals surface area contributed by atoms with Gasteiger partial charge in [0.2, 0.25) is 11.8 Å². The summed E-state index contributed by atoms with van der Waals surface area (Å²) in [5.74, 6) is -1.22. The van der Waals surface area contributed by atoms with Gasteiger partial charge in [-0.2, -0.15) is 0 Å². The summed E-state index contributed by atoms with van der Waals surface area (Å²) in [6.07, 6.45) is 6.92. The minimum Gasteiger partial charge on any atom is -0.478 e. The highest BCUT2D eigenvalue weighted by Crippen LogP contribution is 2.33. The van der Waals surface area contributed by atoms with Gasteiger partial charge < -0.3 is 15.3 Å². The van der Waals surface area contributed by atoms with E-state index in [9.17, 15) is 19.5 Å². The van der Waals surface area contributed by atoms with Crippen molar-refractivity contribution in [1.29, 1.82) is 0 Å². The van der Waals surface area contributed by atoms with Crippen molar-refractivity contribution in [2.24, 2.45) is 11.3 Å². The zero-order valence-electron chi connectivity index (χ0n) is 20.3. The number of nitrogens with zero attached hydrogens (tertiary/aromatic N) is 2. The van der Waals surface area contributed by atoms with E-state index in [0.29, 0.717) is 6.04 Å². The molecule has 0 unspecified atom stereocenters. The van der Waals surface area contributed by atoms with Crippen LogP contribution in [0.3, 0.4) is 0 Å². The Balaban J connectivity index is 2.22. The molecule has 2 rings (SSSR count). The van der Waals surface area contributed by atoms with Gasteiger partial charge in [-0.3, -0.25) is 14.5 Å². The monoisotopic (exact) mass is 435 g/mol. The van der Waals surface area contributed by atoms with E-state index < -0.39 is 17.4 Å². The lowest BCUT2D eigenvalue weighted by Gasteiger charge is -2.40. The Hall–Kier alpha value is -1.89. The fraction of sp³-hybridized carbons (Fsp3) is 0.792. The maximum absolute atomic E-state index is 13.6. The number of hydrogen-bond acceptors (Lipinski definition) is 4. The molecule has 2 N–H and O–H groups in total. The second-order valence-electron chi connectivity index (χ2n) is 10.6. The third kappa shape index (κ3) is 6.55. The van der Waals surface area contributed by atoms with E-state index in [1.54, 1.807) is 18.0 Å². The van der Waals surface area contributed by atoms with Crippen molar-refractivity contribution in [3.63, 3.8) is 0 Å². The molecule has 7 nitrogen and oxygen atoms in total. The molecule has 1 aliphatic carbocycles. The van der Waals surface area contributed by atoms with Crippen LogP contribution < -0.4 is 5.32 Å². The molecule has 31 heavy (non-hydrogen) atoms. The lowest BCUT2D eigenvalue weighted by Crippen LogP contribution is -2.60. The van der Waals surface area contributed by atoms with E-state index in [1.165, 1.54) is 6.92 Å². The standard InChI is InChI=1S/C24H41N3O4/c1-15(2)19(14-16(3)23(30)31)26(7)22(29)20(24(4,5)6)25-21(28)18-10-8-9-13-27(18)17-11-12-17/h14-15,17-20H,8-13H2,1-7H3,(H,25,28)(H,30,31)/b16-14+/t18-,19-,20-/m1/s1. The van der Waals surface area contributed by atoms with Gasteiger partial charge in [0.05, 0.1) is 12.1 Å². The lowest BCUT2D eigenvalue weighted by molar-refractivity contribution is -0.142. The van der Waals surface area contributed by atoms with Crippen molar-refractivity contribution in [1.82, 2.24) is 15.1 Å². The SMILES string of the molecule is C/C(=C\[C@H](C(C)C)N(C)C(=O)[C@@H](NC(=O)[C@H]1CCCCN1C1CC1)C(C)(C)C)C(=O)O. The summed E-state index contributed by atoms with van der Waals surface area (Å²) in [4.78, 5) is 42.1. The van der Waals surface area contributed by atoms with Crippen LogP contribution in [-0.2, 0) is 14.4 Å². The number of carbonyl (C=O) groups is 3. The topological polar surface area (TPSA) is 90.0 Å². The molecule has 0 aromatic carbocycles. The van der Waals surface area contributed by atoms with Gasteiger partial charge in [-0.1, -0.05) is 47.1 Å². The molecule has 1 saturated carbocycles. The fourth-order valence-electron chi connectivity index (χ4n) is 4.40. The molecule has 1 heterocycles. The minimum absolute atomic E-state index is 0.0308. The predicted molar refractivity (Wildman–Crippen MR) is 122 cm³/mol. The quantitative estimate of drug-likeness (QED) is 0.572. The molecule has 0 aromatic rings. The van der Waals surface area contributed by atoms with Gasteiger partial charge in [0.1, 0.15) is 6.04 Å². The number of carboxylic acid groups (broad SMARTS) is 1. The average molecular weight is 436 g/mol. The Bertz CT molecular complexity index is 706. The first-order chi connectivity index (χ1) is 14.3. The summed E-state index contributed by atoms with van der Waals surface area (Å²) >= 11 is 0. The van der Waals surface area contributed by atoms with Gasteiger partial charge in [-0.15, -0.1) is 0 Å². The molecule has 2 aliphatic rings. The van der Waals surface area contributed by atoms with Gasteiger partial charge in [0.25, 0.3) is 0 Å². The van der Waals surface area contributed by atoms with E-state index in [-0.39, 0.29) is 35.4 Å². The number of rotatable bonds is 8. The number of carbonyl (C=O) groups excluding carboxylic acids is 2. The molecule has 0 aromatic heterocycles. The largest absolute Gasteiger partial charge is 0.478 e. The van der Waals surface area contributed by atoms with Gasteiger partial charge in [-0.25, -0.2) is 4.79 Å². The zero-order valence-corrected chi connectivity index (χ0v) is 20.3. The van der Waals surface area contributed by atoms with Crippen LogP contribution >= 0.6 is 0 Å². The summed E-state index contributed by atoms with van der Waals surface area (Å²) < 4.78 is 0. The van der Waals surface area contributed by atoms with Crippen LogP contribution in [0.2, 0.25) is 0 Å². The molecule has 1 aliphatic heterocycles. The Morgan fingerprint density at radius 3 is 2.23 bits per heavy atom. The molecule has 2 fully saturated rings. The molecule has 0 bridgehead atoms. The van der Waals surface area contributed by atoms with Crippen molar-refractivity contribution in [3.05, 3.63) is 11.6 Å². The third-order valence-electron chi connectivity index (χ3n) is 6.50. The van der Waals surface area contributed by atoms with E-state index in [0.717, 1.165) is 38.6 Å². The van der Waals surface area contributed by atoms with Crippen LogP contribution in [0.4, 0.5) is 0 Å². The molecular formula is C24H41N3O4. The lowest BCUT2D eigenvalue weighted by atomic mass is 9.84. The summed E-state index contributed by atoms with van der Waals surface area (Å²) in [6.45, 7) is 12.3. The van der Waals surface area contributed by atoms with E-state index >= 15 is 0 Å². The van der Waals surface area contributed by atoms with Crippen LogP contribution in [-0.4, -0.2) is 70.4 Å². The highest BCUT2D eigenvalue weighted by atomic mass is 16.4. The highest BCUT2D eigenvalue weighted by molar-refractivity contribution is 5.91. The van der Waals surface area contributed by atoms with Crippen LogP contribution in [0.5, 0.6) is 0 Å². The van der Waals surface area contributed by atoms with Gasteiger partial charge in [0.15, 0.2) is 0 Å². The molecular weight excluding hydrogens is 394 g/mol. The predicted octanol–water partition coefficient (Wildman–Crippen LogP) is 3.05. The fourth-order valence-corrected chi connectivity index (χ4v) is 4.40. The van der Waals surface area contributed by atoms with E-state index in [2.05, 4.69) is 10.2 Å². The molecule has 0 spiro atoms. The van der Waals surface area contributed by atoms with E-state index in [4.69, 9.17) is 0 Å². The number of likely N-dealkylation sites (N-methyl/N-ethyl adjacent to an activating group) is 1. The molecule has 1 saturated heterocycles. The first-order valence-electron chi connectivity index (χ1n) is 11.6. The van der Waals surface area contributed by atoms with Crippen molar-refractivity contribution < 1.29 is 19.5 Å². The summed E-state index contributed by atoms with van der Waals surface area (Å²) in [6, 6.07) is -0.716. The molecule has 176 valence electrons. The summed E-state index contributed by atoms with van der Waals surface area (Å²) in [7, 11) is 1.70. The van der Waals surface area contributed by atoms with Crippen molar-refractivity contribution >= 4 is 17.8 Å². The Kier molecular flexibility index (Phi) is 8.31. The minimum atomic E-state index is -0.996. The van der Waals surface area contributed by atoms with Crippen molar-refractivity contribution in [2.75, 3.05) is 13.6 Å². The molecule has 7 heteroatoms. The molecule has 0 radical (unpaired) electrons. The maximum atomic E-state index is 13.6. The Morgan fingerprint density at radius 2 is 1.74 bits per heavy atom. The number of amides is 2. The molecule has 2 amide bonds. The number of hydrogen-bond donors (Lipinski definition) is 2. The number of carboxylic acids is 1. The van der Waals surface area contributed by atoms with Crippen LogP contribution in [0.15, 0.2) is 11.6 Å². The number of likely N-dealkylation sites (tertiary alicyclic amines) is 1. The third-order valence-corrected chi connectivity index (χ3v) is 6.50. The van der Waals surface area contributed by atoms with Crippen molar-refractivity contribution in [2.45, 2.75) is 97.8 Å². The summed E-state index contributed by atoms with van der Waals surface area (Å²) in [5.41, 5.74) is -0.273. The van der Waals surface area contributed by atoms with Crippen LogP contribution in [0.1, 0.15) is 73.6 Å². The average Bonchev–Trinajstić information content (AvgIpc) is 3.52. The van der Waals surface area contributed by atoms with Crippen LogP contribution in [0.25, 0.3) is 0 Å². The first kappa shape index (κ1) is 25.4. The van der Waals surface area contributed by atoms with Crippen LogP contribution in [0, 0.1) is 11.3 Å². The van der Waals surface area contributed by atoms with Crippen molar-refractivity contribution in [3.8, 4) is 0 Å². The Morgan fingerprint density at radius 1 is 1.13 bits per heavy atom. The Labute approximate surface area is 187 Å². The highest BCUT2D eigenvalue weighted by Gasteiger charge is 2.42. The van der Waals surface area contributed by atoms with Gasteiger partial charge in [0, 0.05) is 18.7 Å². The van der Waals surface area contributed by atoms with Gasteiger partial charge >= 0.3 is 5.97 Å².